The molecule has 0 aliphatic rings. The van der Waals surface area contributed by atoms with Crippen LogP contribution in [0.15, 0.2) is 279 Å². The number of para-hydroxylation sites is 8. The summed E-state index contributed by atoms with van der Waals surface area (Å²) in [7, 11) is 0. The predicted molar refractivity (Wildman–Crippen MR) is 383 cm³/mol. The summed E-state index contributed by atoms with van der Waals surface area (Å²) >= 11 is 0. The molecular formula is C85H46F8N6. The average molecular weight is 1300 g/mol. The number of rotatable bonds is 7. The first kappa shape index (κ1) is 56.6. The van der Waals surface area contributed by atoms with Gasteiger partial charge < -0.3 is 27.4 Å². The van der Waals surface area contributed by atoms with Gasteiger partial charge in [-0.2, -0.15) is 13.2 Å². The van der Waals surface area contributed by atoms with Crippen LogP contribution in [0.3, 0.4) is 0 Å². The van der Waals surface area contributed by atoms with Crippen molar-refractivity contribution in [3.8, 4) is 45.3 Å². The van der Waals surface area contributed by atoms with Gasteiger partial charge in [0.25, 0.3) is 0 Å². The fourth-order valence-corrected chi connectivity index (χ4v) is 16.1. The van der Waals surface area contributed by atoms with Crippen LogP contribution in [0.4, 0.5) is 35.1 Å². The minimum Gasteiger partial charge on any atom is -0.309 e. The lowest BCUT2D eigenvalue weighted by Crippen LogP contribution is -2.14. The third-order valence-corrected chi connectivity index (χ3v) is 20.2. The molecule has 0 spiro atoms. The van der Waals surface area contributed by atoms with E-state index in [4.69, 9.17) is 0 Å². The number of alkyl halides is 3. The smallest absolute Gasteiger partial charge is 0.309 e. The first-order valence-corrected chi connectivity index (χ1v) is 32.3. The Morgan fingerprint density at radius 3 is 0.677 bits per heavy atom. The molecule has 0 unspecified atom stereocenters. The van der Waals surface area contributed by atoms with E-state index in [1.807, 2.05) is 243 Å². The Hall–Kier alpha value is -12.7. The lowest BCUT2D eigenvalue weighted by Gasteiger charge is -2.23. The third kappa shape index (κ3) is 7.93. The van der Waals surface area contributed by atoms with Crippen LogP contribution in [0.1, 0.15) is 5.56 Å². The zero-order valence-electron chi connectivity index (χ0n) is 51.8. The molecule has 0 radical (unpaired) electrons. The SMILES string of the molecule is Fc1c(F)c(F)c(-c2cc(-n3c4ccc(-n5c6ccccc6c6ccccc65)cc4c4cc(-n5c6ccccc6c6ccccc65)ccc43)c(C(F)(F)F)cc2-n2c3ccc(-n4c5ccccc5c5ccccc54)cc3c3cc(-n4c5ccccc5c5ccccc54)ccc32)c(F)c1F. The lowest BCUT2D eigenvalue weighted by molar-refractivity contribution is -0.137. The Morgan fingerprint density at radius 1 is 0.202 bits per heavy atom. The summed E-state index contributed by atoms with van der Waals surface area (Å²) in [6.45, 7) is 0. The molecule has 0 bridgehead atoms. The molecule has 0 aliphatic heterocycles. The van der Waals surface area contributed by atoms with Gasteiger partial charge in [0.1, 0.15) is 0 Å². The standard InChI is InChI=1S/C85H46F8N6/c86-80-79(81(87)83(89)84(90)82(80)88)63-45-78(99-75-39-35-49(96-69-29-13-5-21-55(69)56-22-6-14-30-70(56)96)43-61(75)62-44-50(36-40-76(62)99)97-71-31-15-7-23-57(71)58-24-8-16-32-72(58)97)64(85(91,92)93)46-77(63)98-73-37-33-47(94-65-25-9-1-17-51(65)52-18-2-10-26-66(52)94)41-59(73)60-42-48(34-38-74(60)98)95-67-27-11-3-19-53(67)54-20-4-12-28-68(54)95/h1-46H. The highest BCUT2D eigenvalue weighted by atomic mass is 19.4. The Kier molecular flexibility index (Phi) is 11.8. The van der Waals surface area contributed by atoms with E-state index in [0.717, 1.165) is 99.4 Å². The van der Waals surface area contributed by atoms with Crippen molar-refractivity contribution in [3.63, 3.8) is 0 Å². The molecule has 6 aromatic heterocycles. The molecule has 0 N–H and O–H groups in total. The fourth-order valence-electron chi connectivity index (χ4n) is 16.1. The summed E-state index contributed by atoms with van der Waals surface area (Å²) in [6, 6.07) is 87.2. The van der Waals surface area contributed by atoms with Gasteiger partial charge in [0.15, 0.2) is 23.3 Å². The number of hydrogen-bond donors (Lipinski definition) is 0. The van der Waals surface area contributed by atoms with E-state index < -0.39 is 63.3 Å². The minimum atomic E-state index is -5.25. The van der Waals surface area contributed by atoms with Gasteiger partial charge in [-0.15, -0.1) is 0 Å². The first-order valence-electron chi connectivity index (χ1n) is 32.3. The number of halogens is 8. The molecule has 0 saturated heterocycles. The van der Waals surface area contributed by atoms with Crippen LogP contribution in [0.5, 0.6) is 0 Å². The number of hydrogen-bond acceptors (Lipinski definition) is 0. The third-order valence-electron chi connectivity index (χ3n) is 20.2. The van der Waals surface area contributed by atoms with Crippen LogP contribution >= 0.6 is 0 Å². The second-order valence-corrected chi connectivity index (χ2v) is 25.3. The van der Waals surface area contributed by atoms with Gasteiger partial charge in [-0.1, -0.05) is 146 Å². The van der Waals surface area contributed by atoms with Crippen LogP contribution in [0, 0.1) is 29.1 Å². The van der Waals surface area contributed by atoms with E-state index in [-0.39, 0.29) is 22.1 Å². The molecule has 99 heavy (non-hydrogen) atoms. The summed E-state index contributed by atoms with van der Waals surface area (Å²) in [4.78, 5) is 0. The van der Waals surface area contributed by atoms with Crippen molar-refractivity contribution in [2.75, 3.05) is 0 Å². The van der Waals surface area contributed by atoms with Gasteiger partial charge in [-0.05, 0) is 133 Å². The molecule has 0 atom stereocenters. The first-order chi connectivity index (χ1) is 48.4. The lowest BCUT2D eigenvalue weighted by atomic mass is 9.97. The molecule has 20 aromatic rings. The molecule has 14 heteroatoms. The molecule has 0 fully saturated rings. The minimum absolute atomic E-state index is 0.252. The van der Waals surface area contributed by atoms with Crippen molar-refractivity contribution in [1.29, 1.82) is 0 Å². The molecule has 6 heterocycles. The van der Waals surface area contributed by atoms with Crippen molar-refractivity contribution in [2.45, 2.75) is 6.18 Å². The van der Waals surface area contributed by atoms with Gasteiger partial charge in [-0.3, -0.25) is 0 Å². The summed E-state index contributed by atoms with van der Waals surface area (Å²) in [5, 5.41) is 9.86. The largest absolute Gasteiger partial charge is 0.418 e. The molecular weight excluding hydrogens is 1260 g/mol. The highest BCUT2D eigenvalue weighted by molar-refractivity contribution is 6.17. The molecule has 6 nitrogen and oxygen atoms in total. The van der Waals surface area contributed by atoms with Crippen molar-refractivity contribution >= 4 is 131 Å². The van der Waals surface area contributed by atoms with E-state index in [1.165, 1.54) is 9.13 Å². The number of nitrogens with zero attached hydrogens (tertiary/aromatic N) is 6. The second-order valence-electron chi connectivity index (χ2n) is 25.3. The molecule has 472 valence electrons. The zero-order chi connectivity index (χ0) is 66.4. The van der Waals surface area contributed by atoms with Crippen LogP contribution in [-0.2, 0) is 6.18 Å². The van der Waals surface area contributed by atoms with Crippen LogP contribution in [0.25, 0.3) is 176 Å². The second kappa shape index (κ2) is 20.7. The van der Waals surface area contributed by atoms with Gasteiger partial charge in [0, 0.05) is 92.9 Å². The molecule has 20 rings (SSSR count). The Bertz CT molecular complexity index is 6350. The topological polar surface area (TPSA) is 29.6 Å². The zero-order valence-corrected chi connectivity index (χ0v) is 51.8. The normalized spacial score (nSPS) is 12.4. The Balaban J connectivity index is 0.907. The fraction of sp³-hybridized carbons (Fsp3) is 0.0118. The maximum absolute atomic E-state index is 17.4. The molecule has 0 saturated carbocycles. The number of benzene rings is 14. The number of aromatic nitrogens is 6. The van der Waals surface area contributed by atoms with Crippen LogP contribution in [0.2, 0.25) is 0 Å². The van der Waals surface area contributed by atoms with E-state index in [9.17, 15) is 0 Å². The van der Waals surface area contributed by atoms with Crippen LogP contribution < -0.4 is 0 Å². The summed E-state index contributed by atoms with van der Waals surface area (Å²) in [6.07, 6.45) is -5.25. The average Bonchev–Trinajstić information content (AvgIpc) is 1.61. The van der Waals surface area contributed by atoms with Crippen molar-refractivity contribution in [1.82, 2.24) is 27.4 Å². The van der Waals surface area contributed by atoms with Gasteiger partial charge in [0.2, 0.25) is 5.82 Å². The van der Waals surface area contributed by atoms with Crippen molar-refractivity contribution < 1.29 is 35.1 Å². The van der Waals surface area contributed by atoms with E-state index >= 15 is 35.1 Å². The quantitative estimate of drug-likeness (QED) is 0.0865. The van der Waals surface area contributed by atoms with E-state index in [0.29, 0.717) is 44.3 Å². The van der Waals surface area contributed by atoms with Gasteiger partial charge >= 0.3 is 6.18 Å². The summed E-state index contributed by atoms with van der Waals surface area (Å²) in [5.74, 6) is -11.4. The van der Waals surface area contributed by atoms with Crippen molar-refractivity contribution in [3.05, 3.63) is 314 Å². The number of fused-ring (bicyclic) bond motifs is 18. The van der Waals surface area contributed by atoms with Crippen molar-refractivity contribution in [2.24, 2.45) is 0 Å². The molecule has 14 aromatic carbocycles. The van der Waals surface area contributed by atoms with E-state index in [2.05, 4.69) is 18.3 Å². The van der Waals surface area contributed by atoms with Crippen LogP contribution in [-0.4, -0.2) is 27.4 Å². The summed E-state index contributed by atoms with van der Waals surface area (Å²) < 4.78 is 146. The Labute approximate surface area is 555 Å². The monoisotopic (exact) mass is 1300 g/mol. The molecule has 0 aliphatic carbocycles. The van der Waals surface area contributed by atoms with Gasteiger partial charge in [-0.25, -0.2) is 22.0 Å². The summed E-state index contributed by atoms with van der Waals surface area (Å²) in [5.41, 5.74) is 6.28. The van der Waals surface area contributed by atoms with Gasteiger partial charge in [0.05, 0.1) is 88.7 Å². The maximum Gasteiger partial charge on any atom is 0.418 e. The highest BCUT2D eigenvalue weighted by Gasteiger charge is 2.39. The van der Waals surface area contributed by atoms with E-state index in [1.54, 1.807) is 24.3 Å². The highest BCUT2D eigenvalue weighted by Crippen LogP contribution is 2.49. The predicted octanol–water partition coefficient (Wildman–Crippen LogP) is 23.7. The molecule has 0 amide bonds. The Morgan fingerprint density at radius 2 is 0.424 bits per heavy atom. The maximum atomic E-state index is 17.4.